The number of hydrogen-bond donors (Lipinski definition) is 3. The van der Waals surface area contributed by atoms with Crippen molar-refractivity contribution in [1.29, 1.82) is 0 Å². The summed E-state index contributed by atoms with van der Waals surface area (Å²) in [6, 6.07) is 18.6. The van der Waals surface area contributed by atoms with E-state index in [4.69, 9.17) is 9.84 Å². The predicted molar refractivity (Wildman–Crippen MR) is 123 cm³/mol. The molecule has 0 saturated heterocycles. The minimum Gasteiger partial charge on any atom is -0.486 e. The zero-order valence-electron chi connectivity index (χ0n) is 18.8. The van der Waals surface area contributed by atoms with Gasteiger partial charge in [-0.2, -0.15) is 13.2 Å². The molecule has 0 heterocycles. The number of halogens is 3. The molecule has 1 unspecified atom stereocenters. The fourth-order valence-corrected chi connectivity index (χ4v) is 3.36. The Kier molecular flexibility index (Phi) is 8.14. The molecule has 6 nitrogen and oxygen atoms in total. The highest BCUT2D eigenvalue weighted by Gasteiger charge is 2.30. The fraction of sp³-hybridized carbons (Fsp3) is 0.231. The van der Waals surface area contributed by atoms with Gasteiger partial charge in [-0.05, 0) is 59.5 Å². The topological polar surface area (TPSA) is 95.9 Å². The van der Waals surface area contributed by atoms with Gasteiger partial charge in [-0.25, -0.2) is 4.79 Å². The number of carbonyl (C=O) groups excluding carboxylic acids is 1. The number of amides is 1. The van der Waals surface area contributed by atoms with Crippen LogP contribution in [-0.4, -0.2) is 34.7 Å². The minimum atomic E-state index is -4.38. The van der Waals surface area contributed by atoms with Crippen LogP contribution in [0, 0.1) is 0 Å². The molecule has 0 fully saturated rings. The van der Waals surface area contributed by atoms with Crippen LogP contribution >= 0.6 is 0 Å². The highest BCUT2D eigenvalue weighted by molar-refractivity contribution is 5.94. The van der Waals surface area contributed by atoms with Crippen LogP contribution in [0.15, 0.2) is 72.8 Å². The molecule has 35 heavy (non-hydrogen) atoms. The van der Waals surface area contributed by atoms with Crippen molar-refractivity contribution in [3.63, 3.8) is 0 Å². The lowest BCUT2D eigenvalue weighted by atomic mass is 10.00. The Bertz CT molecular complexity index is 1140. The van der Waals surface area contributed by atoms with Gasteiger partial charge in [0.25, 0.3) is 5.91 Å². The lowest BCUT2D eigenvalue weighted by Crippen LogP contribution is -2.36. The molecule has 1 amide bonds. The van der Waals surface area contributed by atoms with E-state index in [0.717, 1.165) is 23.3 Å². The monoisotopic (exact) mass is 487 g/mol. The van der Waals surface area contributed by atoms with E-state index < -0.39 is 36.3 Å². The molecular formula is C26H24F3NO5. The molecule has 3 aromatic carbocycles. The van der Waals surface area contributed by atoms with Crippen LogP contribution < -0.4 is 10.1 Å². The molecule has 3 rings (SSSR count). The van der Waals surface area contributed by atoms with E-state index >= 15 is 0 Å². The molecule has 0 saturated carbocycles. The van der Waals surface area contributed by atoms with Crippen molar-refractivity contribution in [2.24, 2.45) is 0 Å². The van der Waals surface area contributed by atoms with E-state index in [0.29, 0.717) is 17.7 Å². The number of aliphatic hydroxyl groups is 1. The lowest BCUT2D eigenvalue weighted by molar-refractivity contribution is -0.146. The van der Waals surface area contributed by atoms with Crippen molar-refractivity contribution in [2.75, 3.05) is 6.54 Å². The summed E-state index contributed by atoms with van der Waals surface area (Å²) >= 11 is 0. The molecule has 9 heteroatoms. The molecule has 3 N–H and O–H groups in total. The van der Waals surface area contributed by atoms with E-state index in [1.165, 1.54) is 24.3 Å². The summed E-state index contributed by atoms with van der Waals surface area (Å²) in [5.74, 6) is -1.43. The van der Waals surface area contributed by atoms with Gasteiger partial charge < -0.3 is 20.3 Å². The molecule has 0 bridgehead atoms. The standard InChI is InChI=1S/C26H24F3NO5/c1-2-23(35-21-13-9-19(10-14-21)24(32)30-15-22(31)25(33)34)18-5-3-16(4-6-18)17-7-11-20(12-8-17)26(27,28)29/h3-14,22-23,31H,2,15H2,1H3,(H,30,32)(H,33,34)/t22-,23?/m1/s1. The van der Waals surface area contributed by atoms with E-state index in [9.17, 15) is 27.9 Å². The van der Waals surface area contributed by atoms with E-state index in [1.807, 2.05) is 31.2 Å². The Hall–Kier alpha value is -3.85. The number of aliphatic hydroxyl groups excluding tert-OH is 1. The summed E-state index contributed by atoms with van der Waals surface area (Å²) in [6.07, 6.45) is -5.70. The molecule has 3 aromatic rings. The number of rotatable bonds is 9. The molecular weight excluding hydrogens is 463 g/mol. The summed E-state index contributed by atoms with van der Waals surface area (Å²) in [6.45, 7) is 1.54. The molecule has 2 atom stereocenters. The van der Waals surface area contributed by atoms with Crippen LogP contribution in [0.3, 0.4) is 0 Å². The number of benzene rings is 3. The van der Waals surface area contributed by atoms with Gasteiger partial charge in [-0.15, -0.1) is 0 Å². The number of alkyl halides is 3. The Morgan fingerprint density at radius 1 is 0.914 bits per heavy atom. The first-order chi connectivity index (χ1) is 16.6. The summed E-state index contributed by atoms with van der Waals surface area (Å²) in [7, 11) is 0. The first kappa shape index (κ1) is 25.8. The van der Waals surface area contributed by atoms with Gasteiger partial charge in [0.05, 0.1) is 12.1 Å². The minimum absolute atomic E-state index is 0.281. The average molecular weight is 487 g/mol. The van der Waals surface area contributed by atoms with Gasteiger partial charge in [-0.1, -0.05) is 43.3 Å². The van der Waals surface area contributed by atoms with Gasteiger partial charge >= 0.3 is 12.1 Å². The zero-order chi connectivity index (χ0) is 25.6. The van der Waals surface area contributed by atoms with Crippen molar-refractivity contribution in [3.8, 4) is 16.9 Å². The number of ether oxygens (including phenoxy) is 1. The van der Waals surface area contributed by atoms with Crippen molar-refractivity contribution in [2.45, 2.75) is 31.7 Å². The van der Waals surface area contributed by atoms with Gasteiger partial charge in [0.1, 0.15) is 11.9 Å². The second-order valence-corrected chi connectivity index (χ2v) is 7.80. The van der Waals surface area contributed by atoms with Crippen LogP contribution in [0.2, 0.25) is 0 Å². The maximum absolute atomic E-state index is 12.8. The van der Waals surface area contributed by atoms with Crippen molar-refractivity contribution < 1.29 is 37.7 Å². The summed E-state index contributed by atoms with van der Waals surface area (Å²) < 4.78 is 44.4. The Labute approximate surface area is 200 Å². The lowest BCUT2D eigenvalue weighted by Gasteiger charge is -2.19. The molecule has 0 aliphatic carbocycles. The van der Waals surface area contributed by atoms with Crippen LogP contribution in [0.25, 0.3) is 11.1 Å². The average Bonchev–Trinajstić information content (AvgIpc) is 2.85. The molecule has 0 aliphatic rings. The van der Waals surface area contributed by atoms with Crippen molar-refractivity contribution in [3.05, 3.63) is 89.5 Å². The third kappa shape index (κ3) is 6.83. The quantitative estimate of drug-likeness (QED) is 0.391. The highest BCUT2D eigenvalue weighted by atomic mass is 19.4. The summed E-state index contributed by atoms with van der Waals surface area (Å²) in [4.78, 5) is 22.7. The van der Waals surface area contributed by atoms with Crippen molar-refractivity contribution >= 4 is 11.9 Å². The number of carboxylic acids is 1. The maximum Gasteiger partial charge on any atom is 0.416 e. The molecule has 0 spiro atoms. The van der Waals surface area contributed by atoms with Crippen LogP contribution in [0.4, 0.5) is 13.2 Å². The molecule has 0 radical (unpaired) electrons. The summed E-state index contributed by atoms with van der Waals surface area (Å²) in [5, 5.41) is 20.2. The van der Waals surface area contributed by atoms with Crippen LogP contribution in [0.1, 0.15) is 40.9 Å². The van der Waals surface area contributed by atoms with E-state index in [-0.39, 0.29) is 11.7 Å². The van der Waals surface area contributed by atoms with E-state index in [1.54, 1.807) is 12.1 Å². The molecule has 0 aromatic heterocycles. The van der Waals surface area contributed by atoms with E-state index in [2.05, 4.69) is 5.32 Å². The van der Waals surface area contributed by atoms with Gasteiger partial charge in [0.15, 0.2) is 6.10 Å². The third-order valence-corrected chi connectivity index (χ3v) is 5.33. The SMILES string of the molecule is CCC(Oc1ccc(C(=O)NC[C@@H](O)C(=O)O)cc1)c1ccc(-c2ccc(C(F)(F)F)cc2)cc1. The second kappa shape index (κ2) is 11.1. The molecule has 184 valence electrons. The largest absolute Gasteiger partial charge is 0.486 e. The second-order valence-electron chi connectivity index (χ2n) is 7.80. The summed E-state index contributed by atoms with van der Waals surface area (Å²) in [5.41, 5.74) is 1.92. The maximum atomic E-state index is 12.8. The van der Waals surface area contributed by atoms with Gasteiger partial charge in [0, 0.05) is 5.56 Å². The third-order valence-electron chi connectivity index (χ3n) is 5.33. The number of nitrogens with one attached hydrogen (secondary N) is 1. The smallest absolute Gasteiger partial charge is 0.416 e. The first-order valence-corrected chi connectivity index (χ1v) is 10.8. The number of hydrogen-bond acceptors (Lipinski definition) is 4. The van der Waals surface area contributed by atoms with Crippen molar-refractivity contribution in [1.82, 2.24) is 5.32 Å². The normalized spacial score (nSPS) is 13.1. The number of aliphatic carboxylic acids is 1. The van der Waals surface area contributed by atoms with Gasteiger partial charge in [0.2, 0.25) is 0 Å². The Morgan fingerprint density at radius 3 is 1.94 bits per heavy atom. The van der Waals surface area contributed by atoms with Crippen LogP contribution in [-0.2, 0) is 11.0 Å². The fourth-order valence-electron chi connectivity index (χ4n) is 3.36. The Morgan fingerprint density at radius 2 is 1.46 bits per heavy atom. The predicted octanol–water partition coefficient (Wildman–Crippen LogP) is 5.08. The van der Waals surface area contributed by atoms with Crippen LogP contribution in [0.5, 0.6) is 5.75 Å². The zero-order valence-corrected chi connectivity index (χ0v) is 18.8. The number of carbonyl (C=O) groups is 2. The first-order valence-electron chi connectivity index (χ1n) is 10.8. The number of carboxylic acid groups (broad SMARTS) is 1. The highest BCUT2D eigenvalue weighted by Crippen LogP contribution is 2.32. The van der Waals surface area contributed by atoms with Gasteiger partial charge in [-0.3, -0.25) is 4.79 Å². The Balaban J connectivity index is 1.64. The molecule has 0 aliphatic heterocycles.